The molecule has 150 valence electrons. The van der Waals surface area contributed by atoms with E-state index in [1.807, 2.05) is 0 Å². The molecule has 2 aliphatic heterocycles. The molecule has 0 atom stereocenters. The maximum Gasteiger partial charge on any atom is 0.414 e. The van der Waals surface area contributed by atoms with Crippen LogP contribution in [0.2, 0.25) is 0 Å². The molecule has 0 aromatic rings. The smallest absolute Gasteiger partial charge is 0.414 e. The van der Waals surface area contributed by atoms with Crippen LogP contribution in [0.1, 0.15) is 12.8 Å². The van der Waals surface area contributed by atoms with Crippen LogP contribution < -0.4 is 11.5 Å². The molecule has 0 unspecified atom stereocenters. The maximum absolute atomic E-state index is 10.7. The summed E-state index contributed by atoms with van der Waals surface area (Å²) >= 11 is 0. The molecule has 0 spiro atoms. The van der Waals surface area contributed by atoms with Gasteiger partial charge in [0.1, 0.15) is 0 Å². The highest BCUT2D eigenvalue weighted by Crippen LogP contribution is 2.18. The number of rotatable bonds is 4. The van der Waals surface area contributed by atoms with Crippen molar-refractivity contribution in [1.82, 2.24) is 0 Å². The molecular weight excluding hydrogens is 356 g/mol. The number of carboxylic acids is 2. The Morgan fingerprint density at radius 1 is 0.808 bits per heavy atom. The number of aliphatic carboxylic acids is 2. The predicted molar refractivity (Wildman–Crippen MR) is 84.0 cm³/mol. The van der Waals surface area contributed by atoms with E-state index < -0.39 is 23.0 Å². The van der Waals surface area contributed by atoms with E-state index in [1.165, 1.54) is 14.2 Å². The molecule has 0 bridgehead atoms. The molecule has 2 aliphatic rings. The van der Waals surface area contributed by atoms with Crippen LogP contribution >= 0.6 is 0 Å². The van der Waals surface area contributed by atoms with Gasteiger partial charge in [0.15, 0.2) is 0 Å². The van der Waals surface area contributed by atoms with Gasteiger partial charge >= 0.3 is 23.9 Å². The zero-order chi connectivity index (χ0) is 20.4. The Morgan fingerprint density at radius 3 is 1.19 bits per heavy atom. The molecule has 0 saturated carbocycles. The maximum atomic E-state index is 10.7. The highest BCUT2D eigenvalue weighted by atomic mass is 16.5. The zero-order valence-electron chi connectivity index (χ0n) is 14.6. The molecule has 0 aliphatic carbocycles. The van der Waals surface area contributed by atoms with Gasteiger partial charge in [0, 0.05) is 0 Å². The van der Waals surface area contributed by atoms with Crippen LogP contribution in [0.3, 0.4) is 0 Å². The molecule has 2 fully saturated rings. The van der Waals surface area contributed by atoms with Crippen molar-refractivity contribution in [3.05, 3.63) is 0 Å². The lowest BCUT2D eigenvalue weighted by Gasteiger charge is -2.36. The monoisotopic (exact) mass is 380 g/mol. The van der Waals surface area contributed by atoms with Gasteiger partial charge in [-0.15, -0.1) is 0 Å². The van der Waals surface area contributed by atoms with Crippen LogP contribution in [0.4, 0.5) is 0 Å². The van der Waals surface area contributed by atoms with E-state index in [1.54, 1.807) is 0 Å². The number of nitrogens with two attached hydrogens (primary N) is 2. The summed E-state index contributed by atoms with van der Waals surface area (Å²) in [6.45, 7) is 1.84. The molecule has 0 amide bonds. The Bertz CT molecular complexity index is 468. The summed E-state index contributed by atoms with van der Waals surface area (Å²) in [5.41, 5.74) is 10.4. The Hall–Kier alpha value is -2.28. The van der Waals surface area contributed by atoms with Gasteiger partial charge in [-0.1, -0.05) is 0 Å². The number of ether oxygens (including phenoxy) is 4. The first-order chi connectivity index (χ1) is 12.0. The number of methoxy groups -OCH3 is 2. The molecule has 12 nitrogen and oxygen atoms in total. The van der Waals surface area contributed by atoms with E-state index in [0.29, 0.717) is 26.4 Å². The average molecular weight is 380 g/mol. The molecule has 0 radical (unpaired) electrons. The van der Waals surface area contributed by atoms with Crippen molar-refractivity contribution in [1.29, 1.82) is 0 Å². The van der Waals surface area contributed by atoms with E-state index in [2.05, 4.69) is 9.47 Å². The third-order valence-electron chi connectivity index (χ3n) is 3.19. The number of carboxylic acid groups (broad SMARTS) is 2. The van der Waals surface area contributed by atoms with Crippen LogP contribution in [0.25, 0.3) is 0 Å². The molecule has 26 heavy (non-hydrogen) atoms. The van der Waals surface area contributed by atoms with Crippen LogP contribution in [0.5, 0.6) is 0 Å². The molecule has 2 rings (SSSR count). The highest BCUT2D eigenvalue weighted by molar-refractivity contribution is 6.27. The Labute approximate surface area is 149 Å². The lowest BCUT2D eigenvalue weighted by atomic mass is 9.95. The fraction of sp³-hybridized carbons (Fsp3) is 0.714. The number of hydrogen-bond acceptors (Lipinski definition) is 10. The van der Waals surface area contributed by atoms with Gasteiger partial charge in [-0.05, 0) is 0 Å². The number of hydrogen-bond donors (Lipinski definition) is 4. The minimum Gasteiger partial charge on any atom is -0.473 e. The summed E-state index contributed by atoms with van der Waals surface area (Å²) < 4.78 is 18.6. The van der Waals surface area contributed by atoms with Crippen molar-refractivity contribution in [2.75, 3.05) is 40.6 Å². The third kappa shape index (κ3) is 9.27. The van der Waals surface area contributed by atoms with Gasteiger partial charge in [0.05, 0.1) is 64.6 Å². The van der Waals surface area contributed by atoms with Crippen molar-refractivity contribution < 1.29 is 48.3 Å². The largest absolute Gasteiger partial charge is 0.473 e. The Balaban J connectivity index is 0.000000375. The van der Waals surface area contributed by atoms with Crippen molar-refractivity contribution in [2.45, 2.75) is 23.9 Å². The minimum absolute atomic E-state index is 0.253. The zero-order valence-corrected chi connectivity index (χ0v) is 14.6. The lowest BCUT2D eigenvalue weighted by molar-refractivity contribution is -0.159. The van der Waals surface area contributed by atoms with E-state index in [4.69, 9.17) is 40.7 Å². The summed E-state index contributed by atoms with van der Waals surface area (Å²) in [5, 5.41) is 14.8. The van der Waals surface area contributed by atoms with Crippen LogP contribution in [0.15, 0.2) is 0 Å². The summed E-state index contributed by atoms with van der Waals surface area (Å²) in [7, 11) is 2.70. The minimum atomic E-state index is -1.82. The van der Waals surface area contributed by atoms with E-state index >= 15 is 0 Å². The van der Waals surface area contributed by atoms with Gasteiger partial charge < -0.3 is 40.6 Å². The number of carbonyl (C=O) groups is 4. The topological polar surface area (TPSA) is 198 Å². The molecule has 6 N–H and O–H groups in total. The van der Waals surface area contributed by atoms with E-state index in [-0.39, 0.29) is 24.8 Å². The first kappa shape index (κ1) is 23.7. The fourth-order valence-corrected chi connectivity index (χ4v) is 1.65. The molecular formula is C14H24N2O10. The van der Waals surface area contributed by atoms with Gasteiger partial charge in [-0.25, -0.2) is 9.59 Å². The second kappa shape index (κ2) is 10.7. The Morgan fingerprint density at radius 2 is 1.08 bits per heavy atom. The van der Waals surface area contributed by atoms with Crippen molar-refractivity contribution in [3.8, 4) is 0 Å². The SMILES string of the molecule is COC(=O)CC1(N)COC1.COC(=O)CC1(N)COC1.O=C(O)C(=O)O. The van der Waals surface area contributed by atoms with E-state index in [9.17, 15) is 9.59 Å². The summed E-state index contributed by atoms with van der Waals surface area (Å²) in [6, 6.07) is 0. The molecule has 2 heterocycles. The second-order valence-electron chi connectivity index (χ2n) is 5.83. The van der Waals surface area contributed by atoms with Crippen molar-refractivity contribution in [2.24, 2.45) is 11.5 Å². The Kier molecular flexibility index (Phi) is 9.72. The molecule has 12 heteroatoms. The van der Waals surface area contributed by atoms with E-state index in [0.717, 1.165) is 0 Å². The first-order valence-corrected chi connectivity index (χ1v) is 7.30. The quantitative estimate of drug-likeness (QED) is 0.301. The molecule has 2 saturated heterocycles. The molecule has 0 aromatic carbocycles. The summed E-state index contributed by atoms with van der Waals surface area (Å²) in [5.74, 6) is -4.19. The van der Waals surface area contributed by atoms with Crippen molar-refractivity contribution in [3.63, 3.8) is 0 Å². The van der Waals surface area contributed by atoms with Crippen LogP contribution in [-0.4, -0.2) is 85.8 Å². The van der Waals surface area contributed by atoms with Gasteiger partial charge in [0.25, 0.3) is 0 Å². The molecule has 0 aromatic heterocycles. The van der Waals surface area contributed by atoms with Gasteiger partial charge in [0.2, 0.25) is 0 Å². The second-order valence-corrected chi connectivity index (χ2v) is 5.83. The fourth-order valence-electron chi connectivity index (χ4n) is 1.65. The highest BCUT2D eigenvalue weighted by Gasteiger charge is 2.37. The van der Waals surface area contributed by atoms with Crippen LogP contribution in [0, 0.1) is 0 Å². The summed E-state index contributed by atoms with van der Waals surface area (Å²) in [4.78, 5) is 39.5. The van der Waals surface area contributed by atoms with Gasteiger partial charge in [-0.2, -0.15) is 0 Å². The normalized spacial score (nSPS) is 18.2. The predicted octanol–water partition coefficient (Wildman–Crippen LogP) is -2.29. The summed E-state index contributed by atoms with van der Waals surface area (Å²) in [6.07, 6.45) is 0.507. The first-order valence-electron chi connectivity index (χ1n) is 7.30. The standard InChI is InChI=1S/2C6H11NO3.C2H2O4/c2*1-9-5(8)2-6(7)3-10-4-6;3-1(4)2(5)6/h2*2-4,7H2,1H3;(H,3,4)(H,5,6). The average Bonchev–Trinajstić information content (AvgIpc) is 2.52. The lowest BCUT2D eigenvalue weighted by Crippen LogP contribution is -2.58. The third-order valence-corrected chi connectivity index (χ3v) is 3.19. The van der Waals surface area contributed by atoms with Crippen molar-refractivity contribution >= 4 is 23.9 Å². The van der Waals surface area contributed by atoms with Gasteiger partial charge in [-0.3, -0.25) is 9.59 Å². The number of esters is 2. The van der Waals surface area contributed by atoms with Crippen LogP contribution in [-0.2, 0) is 38.1 Å². The number of carbonyl (C=O) groups excluding carboxylic acids is 2.